The lowest BCUT2D eigenvalue weighted by molar-refractivity contribution is 0.103. The number of carbonyl (C=O) groups excluding carboxylic acids is 1. The van der Waals surface area contributed by atoms with Crippen molar-refractivity contribution in [3.63, 3.8) is 0 Å². The fourth-order valence-corrected chi connectivity index (χ4v) is 3.65. The molecule has 0 aliphatic carbocycles. The van der Waals surface area contributed by atoms with E-state index in [1.165, 1.54) is 11.3 Å². The quantitative estimate of drug-likeness (QED) is 0.508. The molecule has 1 atom stereocenters. The zero-order chi connectivity index (χ0) is 19.2. The van der Waals surface area contributed by atoms with Gasteiger partial charge in [-0.15, -0.1) is 0 Å². The van der Waals surface area contributed by atoms with Crippen LogP contribution in [0.4, 0.5) is 22.6 Å². The van der Waals surface area contributed by atoms with E-state index < -0.39 is 0 Å². The van der Waals surface area contributed by atoms with Crippen LogP contribution in [0.3, 0.4) is 0 Å². The van der Waals surface area contributed by atoms with Crippen molar-refractivity contribution in [1.29, 1.82) is 0 Å². The number of nitrogens with one attached hydrogen (secondary N) is 4. The van der Waals surface area contributed by atoms with Gasteiger partial charge in [0.05, 0.1) is 6.20 Å². The SMILES string of the molecule is O=C(Nc1ccccn1)c1cnc(Nc2cccc(N[C@H]3CCCNC3)n2)s1. The van der Waals surface area contributed by atoms with E-state index in [9.17, 15) is 4.79 Å². The number of carbonyl (C=O) groups is 1. The molecule has 9 heteroatoms. The van der Waals surface area contributed by atoms with Crippen LogP contribution in [0, 0.1) is 0 Å². The minimum atomic E-state index is -0.238. The molecule has 4 N–H and O–H groups in total. The average Bonchev–Trinajstić information content (AvgIpc) is 3.18. The summed E-state index contributed by atoms with van der Waals surface area (Å²) in [6.07, 6.45) is 5.47. The number of amides is 1. The lowest BCUT2D eigenvalue weighted by Crippen LogP contribution is -2.38. The lowest BCUT2D eigenvalue weighted by atomic mass is 10.1. The lowest BCUT2D eigenvalue weighted by Gasteiger charge is -2.24. The van der Waals surface area contributed by atoms with Crippen LogP contribution in [-0.2, 0) is 0 Å². The van der Waals surface area contributed by atoms with Crippen LogP contribution in [0.15, 0.2) is 48.8 Å². The van der Waals surface area contributed by atoms with Gasteiger partial charge in [-0.3, -0.25) is 4.79 Å². The molecule has 0 saturated carbocycles. The van der Waals surface area contributed by atoms with E-state index in [-0.39, 0.29) is 5.91 Å². The van der Waals surface area contributed by atoms with Crippen LogP contribution in [0.5, 0.6) is 0 Å². The van der Waals surface area contributed by atoms with E-state index in [4.69, 9.17) is 0 Å². The minimum absolute atomic E-state index is 0.238. The smallest absolute Gasteiger partial charge is 0.268 e. The summed E-state index contributed by atoms with van der Waals surface area (Å²) in [4.78, 5) is 25.8. The molecule has 0 radical (unpaired) electrons. The number of anilines is 4. The molecule has 3 aromatic heterocycles. The molecular formula is C19H21N7OS. The zero-order valence-electron chi connectivity index (χ0n) is 15.2. The topological polar surface area (TPSA) is 104 Å². The number of nitrogens with zero attached hydrogens (tertiary/aromatic N) is 3. The molecular weight excluding hydrogens is 374 g/mol. The molecule has 4 rings (SSSR count). The highest BCUT2D eigenvalue weighted by Crippen LogP contribution is 2.23. The Bertz CT molecular complexity index is 925. The van der Waals surface area contributed by atoms with Gasteiger partial charge >= 0.3 is 0 Å². The van der Waals surface area contributed by atoms with E-state index in [0.29, 0.717) is 27.7 Å². The Balaban J connectivity index is 1.38. The summed E-state index contributed by atoms with van der Waals surface area (Å²) < 4.78 is 0. The summed E-state index contributed by atoms with van der Waals surface area (Å²) in [5, 5.41) is 13.4. The third kappa shape index (κ3) is 4.81. The molecule has 144 valence electrons. The first-order valence-electron chi connectivity index (χ1n) is 9.16. The van der Waals surface area contributed by atoms with Crippen molar-refractivity contribution in [3.8, 4) is 0 Å². The summed E-state index contributed by atoms with van der Waals surface area (Å²) in [7, 11) is 0. The minimum Gasteiger partial charge on any atom is -0.366 e. The predicted octanol–water partition coefficient (Wildman–Crippen LogP) is 3.09. The molecule has 1 aliphatic heterocycles. The Hall–Kier alpha value is -3.04. The number of thiazole rings is 1. The van der Waals surface area contributed by atoms with Crippen LogP contribution in [0.1, 0.15) is 22.5 Å². The second-order valence-corrected chi connectivity index (χ2v) is 7.45. The standard InChI is InChI=1S/C19H21N7OS/c27-18(25-15-6-1-2-10-21-15)14-12-22-19(28-14)26-17-8-3-7-16(24-17)23-13-5-4-9-20-11-13/h1-3,6-8,10,12-13,20H,4-5,9,11H2,(H,21,25,27)(H2,22,23,24,26)/t13-/m0/s1. The maximum Gasteiger partial charge on any atom is 0.268 e. The summed E-state index contributed by atoms with van der Waals surface area (Å²) >= 11 is 1.26. The van der Waals surface area contributed by atoms with Crippen LogP contribution < -0.4 is 21.3 Å². The molecule has 1 amide bonds. The first-order chi connectivity index (χ1) is 13.8. The maximum atomic E-state index is 12.3. The number of hydrogen-bond acceptors (Lipinski definition) is 8. The van der Waals surface area contributed by atoms with Crippen LogP contribution >= 0.6 is 11.3 Å². The number of hydrogen-bond donors (Lipinski definition) is 4. The highest BCUT2D eigenvalue weighted by molar-refractivity contribution is 7.17. The van der Waals surface area contributed by atoms with Crippen molar-refractivity contribution in [2.45, 2.75) is 18.9 Å². The monoisotopic (exact) mass is 395 g/mol. The van der Waals surface area contributed by atoms with Gasteiger partial charge in [-0.1, -0.05) is 23.5 Å². The fraction of sp³-hybridized carbons (Fsp3) is 0.263. The van der Waals surface area contributed by atoms with Crippen LogP contribution in [-0.4, -0.2) is 40.0 Å². The molecule has 1 saturated heterocycles. The summed E-state index contributed by atoms with van der Waals surface area (Å²) in [5.41, 5.74) is 0. The average molecular weight is 395 g/mol. The van der Waals surface area contributed by atoms with E-state index >= 15 is 0 Å². The van der Waals surface area contributed by atoms with Gasteiger partial charge in [-0.05, 0) is 43.7 Å². The summed E-state index contributed by atoms with van der Waals surface area (Å²) in [6.45, 7) is 2.02. The third-order valence-electron chi connectivity index (χ3n) is 4.27. The summed E-state index contributed by atoms with van der Waals surface area (Å²) in [6, 6.07) is 11.5. The second-order valence-electron chi connectivity index (χ2n) is 6.42. The summed E-state index contributed by atoms with van der Waals surface area (Å²) in [5.74, 6) is 1.77. The van der Waals surface area contributed by atoms with Crippen LogP contribution in [0.25, 0.3) is 0 Å². The number of pyridine rings is 2. The molecule has 1 fully saturated rings. The van der Waals surface area contributed by atoms with Gasteiger partial charge in [-0.2, -0.15) is 0 Å². The second kappa shape index (κ2) is 8.77. The Morgan fingerprint density at radius 1 is 1.11 bits per heavy atom. The van der Waals surface area contributed by atoms with Gasteiger partial charge in [0.25, 0.3) is 5.91 Å². The van der Waals surface area contributed by atoms with Gasteiger partial charge in [-0.25, -0.2) is 15.0 Å². The molecule has 8 nitrogen and oxygen atoms in total. The number of piperidine rings is 1. The van der Waals surface area contributed by atoms with Crippen molar-refractivity contribution in [2.75, 3.05) is 29.0 Å². The van der Waals surface area contributed by atoms with E-state index in [0.717, 1.165) is 31.7 Å². The maximum absolute atomic E-state index is 12.3. The number of rotatable bonds is 6. The molecule has 0 unspecified atom stereocenters. The molecule has 0 spiro atoms. The highest BCUT2D eigenvalue weighted by Gasteiger charge is 2.14. The van der Waals surface area contributed by atoms with E-state index in [1.807, 2.05) is 24.3 Å². The number of aromatic nitrogens is 3. The first-order valence-corrected chi connectivity index (χ1v) is 9.97. The molecule has 28 heavy (non-hydrogen) atoms. The van der Waals surface area contributed by atoms with Crippen molar-refractivity contribution in [2.24, 2.45) is 0 Å². The molecule has 1 aliphatic rings. The van der Waals surface area contributed by atoms with Crippen molar-refractivity contribution < 1.29 is 4.79 Å². The van der Waals surface area contributed by atoms with Crippen molar-refractivity contribution in [1.82, 2.24) is 20.3 Å². The van der Waals surface area contributed by atoms with Gasteiger partial charge in [0.2, 0.25) is 0 Å². The molecule has 0 aromatic carbocycles. The largest absolute Gasteiger partial charge is 0.366 e. The van der Waals surface area contributed by atoms with Crippen LogP contribution in [0.2, 0.25) is 0 Å². The Kier molecular flexibility index (Phi) is 5.74. The Labute approximate surface area is 166 Å². The molecule has 0 bridgehead atoms. The van der Waals surface area contributed by atoms with Crippen molar-refractivity contribution in [3.05, 3.63) is 53.7 Å². The normalized spacial score (nSPS) is 16.4. The van der Waals surface area contributed by atoms with Crippen molar-refractivity contribution >= 4 is 39.8 Å². The third-order valence-corrected chi connectivity index (χ3v) is 5.18. The van der Waals surface area contributed by atoms with E-state index in [1.54, 1.807) is 24.5 Å². The highest BCUT2D eigenvalue weighted by atomic mass is 32.1. The molecule has 3 aromatic rings. The zero-order valence-corrected chi connectivity index (χ0v) is 16.0. The van der Waals surface area contributed by atoms with Gasteiger partial charge < -0.3 is 21.3 Å². The Morgan fingerprint density at radius 2 is 2.00 bits per heavy atom. The van der Waals surface area contributed by atoms with Gasteiger partial charge in [0, 0.05) is 18.8 Å². The van der Waals surface area contributed by atoms with E-state index in [2.05, 4.69) is 36.2 Å². The fourth-order valence-electron chi connectivity index (χ4n) is 2.93. The van der Waals surface area contributed by atoms with Gasteiger partial charge in [0.1, 0.15) is 22.3 Å². The predicted molar refractivity (Wildman–Crippen MR) is 111 cm³/mol. The first kappa shape index (κ1) is 18.3. The van der Waals surface area contributed by atoms with Gasteiger partial charge in [0.15, 0.2) is 5.13 Å². The Morgan fingerprint density at radius 3 is 2.82 bits per heavy atom. The molecule has 4 heterocycles.